The van der Waals surface area contributed by atoms with Gasteiger partial charge in [-0.3, -0.25) is 24.2 Å². The largest absolute Gasteiger partial charge is 0.481 e. The number of carboxylic acid groups (broad SMARTS) is 2. The van der Waals surface area contributed by atoms with Gasteiger partial charge < -0.3 is 10.2 Å². The van der Waals surface area contributed by atoms with Gasteiger partial charge in [-0.05, 0) is 31.9 Å². The zero-order valence-corrected chi connectivity index (χ0v) is 12.1. The van der Waals surface area contributed by atoms with E-state index in [9.17, 15) is 24.3 Å². The maximum atomic E-state index is 12.5. The molecule has 1 aromatic rings. The molecule has 0 radical (unpaired) electrons. The molecule has 0 aliphatic heterocycles. The van der Waals surface area contributed by atoms with Crippen LogP contribution in [0.3, 0.4) is 0 Å². The maximum absolute atomic E-state index is 12.5. The van der Waals surface area contributed by atoms with E-state index in [0.717, 1.165) is 6.92 Å². The van der Waals surface area contributed by atoms with Gasteiger partial charge in [-0.2, -0.15) is 0 Å². The average Bonchev–Trinajstić information content (AvgIpc) is 2.46. The SMILES string of the molecule is CC(=O)C(CCCCC(=O)O)(C(=O)O)C(=O)c1ccncc1. The Labute approximate surface area is 127 Å². The summed E-state index contributed by atoms with van der Waals surface area (Å²) < 4.78 is 0. The summed E-state index contributed by atoms with van der Waals surface area (Å²) in [5.74, 6) is -4.09. The van der Waals surface area contributed by atoms with E-state index in [1.807, 2.05) is 0 Å². The lowest BCUT2D eigenvalue weighted by atomic mass is 9.73. The summed E-state index contributed by atoms with van der Waals surface area (Å²) >= 11 is 0. The van der Waals surface area contributed by atoms with E-state index in [2.05, 4.69) is 4.98 Å². The predicted octanol–water partition coefficient (Wildman–Crippen LogP) is 1.57. The first kappa shape index (κ1) is 17.5. The van der Waals surface area contributed by atoms with Crippen molar-refractivity contribution in [1.82, 2.24) is 4.98 Å². The van der Waals surface area contributed by atoms with E-state index in [-0.39, 0.29) is 31.2 Å². The molecule has 1 aromatic heterocycles. The maximum Gasteiger partial charge on any atom is 0.325 e. The molecule has 0 saturated carbocycles. The molecule has 1 rings (SSSR count). The fourth-order valence-corrected chi connectivity index (χ4v) is 2.22. The van der Waals surface area contributed by atoms with Crippen molar-refractivity contribution in [3.8, 4) is 0 Å². The molecule has 7 heteroatoms. The van der Waals surface area contributed by atoms with Gasteiger partial charge in [-0.25, -0.2) is 0 Å². The van der Waals surface area contributed by atoms with Crippen LogP contribution in [-0.4, -0.2) is 38.7 Å². The number of hydrogen-bond donors (Lipinski definition) is 2. The van der Waals surface area contributed by atoms with Gasteiger partial charge in [0.2, 0.25) is 0 Å². The third kappa shape index (κ3) is 3.75. The van der Waals surface area contributed by atoms with Crippen LogP contribution in [0.5, 0.6) is 0 Å². The molecule has 0 aliphatic rings. The van der Waals surface area contributed by atoms with Crippen LogP contribution in [0.15, 0.2) is 24.5 Å². The minimum atomic E-state index is -2.18. The number of Topliss-reactive ketones (excluding diaryl/α,β-unsaturated/α-hetero) is 2. The number of hydrogen-bond acceptors (Lipinski definition) is 5. The first-order valence-corrected chi connectivity index (χ1v) is 6.73. The lowest BCUT2D eigenvalue weighted by Crippen LogP contribution is -2.45. The third-order valence-electron chi connectivity index (χ3n) is 3.49. The smallest absolute Gasteiger partial charge is 0.325 e. The van der Waals surface area contributed by atoms with Crippen LogP contribution >= 0.6 is 0 Å². The number of carbonyl (C=O) groups is 4. The van der Waals surface area contributed by atoms with Crippen LogP contribution in [0, 0.1) is 5.41 Å². The van der Waals surface area contributed by atoms with E-state index in [4.69, 9.17) is 5.11 Å². The molecule has 0 spiro atoms. The molecule has 7 nitrogen and oxygen atoms in total. The monoisotopic (exact) mass is 307 g/mol. The van der Waals surface area contributed by atoms with Gasteiger partial charge in [0.1, 0.15) is 0 Å². The zero-order chi connectivity index (χ0) is 16.8. The van der Waals surface area contributed by atoms with Crippen LogP contribution in [0.2, 0.25) is 0 Å². The number of ketones is 2. The molecule has 22 heavy (non-hydrogen) atoms. The highest BCUT2D eigenvalue weighted by Gasteiger charge is 2.50. The topological polar surface area (TPSA) is 122 Å². The molecule has 0 saturated heterocycles. The molecular formula is C15H17NO6. The van der Waals surface area contributed by atoms with E-state index in [0.29, 0.717) is 0 Å². The highest BCUT2D eigenvalue weighted by molar-refractivity contribution is 6.26. The van der Waals surface area contributed by atoms with E-state index < -0.39 is 28.9 Å². The van der Waals surface area contributed by atoms with Gasteiger partial charge in [0.15, 0.2) is 17.0 Å². The molecule has 1 atom stereocenters. The van der Waals surface area contributed by atoms with Crippen molar-refractivity contribution in [2.45, 2.75) is 32.6 Å². The Morgan fingerprint density at radius 2 is 1.68 bits per heavy atom. The van der Waals surface area contributed by atoms with E-state index in [1.165, 1.54) is 24.5 Å². The fraction of sp³-hybridized carbons (Fsp3) is 0.400. The first-order chi connectivity index (χ1) is 10.3. The number of nitrogens with zero attached hydrogens (tertiary/aromatic N) is 1. The zero-order valence-electron chi connectivity index (χ0n) is 12.1. The summed E-state index contributed by atoms with van der Waals surface area (Å²) in [5.41, 5.74) is -2.09. The second-order valence-electron chi connectivity index (χ2n) is 4.93. The van der Waals surface area contributed by atoms with Gasteiger partial charge in [-0.15, -0.1) is 0 Å². The first-order valence-electron chi connectivity index (χ1n) is 6.73. The molecule has 0 fully saturated rings. The number of aliphatic carboxylic acids is 2. The molecular weight excluding hydrogens is 290 g/mol. The Kier molecular flexibility index (Phi) is 5.91. The highest BCUT2D eigenvalue weighted by Crippen LogP contribution is 2.31. The Bertz CT molecular complexity index is 567. The minimum Gasteiger partial charge on any atom is -0.481 e. The lowest BCUT2D eigenvalue weighted by Gasteiger charge is -2.25. The van der Waals surface area contributed by atoms with E-state index in [1.54, 1.807) is 0 Å². The standard InChI is InChI=1S/C15H17NO6/c1-10(17)15(14(21)22,7-3-2-4-12(18)19)13(20)11-5-8-16-9-6-11/h5-6,8-9H,2-4,7H2,1H3,(H,18,19)(H,21,22). The molecule has 1 heterocycles. The van der Waals surface area contributed by atoms with Gasteiger partial charge in [0, 0.05) is 24.4 Å². The Hall–Kier alpha value is -2.57. The second kappa shape index (κ2) is 7.44. The van der Waals surface area contributed by atoms with E-state index >= 15 is 0 Å². The lowest BCUT2D eigenvalue weighted by molar-refractivity contribution is -0.151. The van der Waals surface area contributed by atoms with Crippen molar-refractivity contribution in [2.75, 3.05) is 0 Å². The van der Waals surface area contributed by atoms with Crippen LogP contribution in [-0.2, 0) is 14.4 Å². The quantitative estimate of drug-likeness (QED) is 0.403. The Balaban J connectivity index is 3.06. The van der Waals surface area contributed by atoms with Gasteiger partial charge in [-0.1, -0.05) is 6.42 Å². The third-order valence-corrected chi connectivity index (χ3v) is 3.49. The summed E-state index contributed by atoms with van der Waals surface area (Å²) in [6.45, 7) is 1.06. The average molecular weight is 307 g/mol. The molecule has 2 N–H and O–H groups in total. The van der Waals surface area contributed by atoms with Crippen molar-refractivity contribution < 1.29 is 29.4 Å². The predicted molar refractivity (Wildman–Crippen MR) is 75.4 cm³/mol. The van der Waals surface area contributed by atoms with Crippen molar-refractivity contribution >= 4 is 23.5 Å². The molecule has 118 valence electrons. The Morgan fingerprint density at radius 3 is 2.14 bits per heavy atom. The fourth-order valence-electron chi connectivity index (χ4n) is 2.22. The van der Waals surface area contributed by atoms with Crippen molar-refractivity contribution in [1.29, 1.82) is 0 Å². The summed E-state index contributed by atoms with van der Waals surface area (Å²) in [5, 5.41) is 18.1. The van der Waals surface area contributed by atoms with Crippen LogP contribution in [0.1, 0.15) is 43.0 Å². The number of rotatable bonds is 9. The van der Waals surface area contributed by atoms with Crippen molar-refractivity contribution in [3.05, 3.63) is 30.1 Å². The summed E-state index contributed by atoms with van der Waals surface area (Å²) in [6.07, 6.45) is 2.65. The number of carboxylic acids is 2. The number of unbranched alkanes of at least 4 members (excludes halogenated alkanes) is 1. The van der Waals surface area contributed by atoms with Gasteiger partial charge in [0.25, 0.3) is 0 Å². The normalized spacial score (nSPS) is 13.1. The molecule has 0 aliphatic carbocycles. The highest BCUT2D eigenvalue weighted by atomic mass is 16.4. The molecule has 0 amide bonds. The summed E-state index contributed by atoms with van der Waals surface area (Å²) in [4.78, 5) is 50.3. The second-order valence-corrected chi connectivity index (χ2v) is 4.93. The number of aromatic nitrogens is 1. The summed E-state index contributed by atoms with van der Waals surface area (Å²) in [7, 11) is 0. The van der Waals surface area contributed by atoms with Crippen molar-refractivity contribution in [3.63, 3.8) is 0 Å². The Morgan fingerprint density at radius 1 is 1.09 bits per heavy atom. The van der Waals surface area contributed by atoms with Gasteiger partial charge in [0.05, 0.1) is 0 Å². The minimum absolute atomic E-state index is 0.0887. The number of carbonyl (C=O) groups excluding carboxylic acids is 2. The summed E-state index contributed by atoms with van der Waals surface area (Å²) in [6, 6.07) is 2.69. The molecule has 1 unspecified atom stereocenters. The molecule has 0 bridgehead atoms. The molecule has 0 aromatic carbocycles. The van der Waals surface area contributed by atoms with Gasteiger partial charge >= 0.3 is 11.9 Å². The van der Waals surface area contributed by atoms with Crippen LogP contribution < -0.4 is 0 Å². The van der Waals surface area contributed by atoms with Crippen molar-refractivity contribution in [2.24, 2.45) is 5.41 Å². The number of pyridine rings is 1. The van der Waals surface area contributed by atoms with Crippen LogP contribution in [0.4, 0.5) is 0 Å². The van der Waals surface area contributed by atoms with Crippen LogP contribution in [0.25, 0.3) is 0 Å².